The number of hydrogen-bond acceptors (Lipinski definition) is 3. The molecule has 106 valence electrons. The fourth-order valence-corrected chi connectivity index (χ4v) is 1.87. The SMILES string of the molecule is CCOC(C)(C)/C=C\NC(C)(C)C(=O)C(C)(C)C. The van der Waals surface area contributed by atoms with Gasteiger partial charge in [-0.25, -0.2) is 0 Å². The van der Waals surface area contributed by atoms with Gasteiger partial charge in [0.15, 0.2) is 5.78 Å². The number of Topliss-reactive ketones (excluding diaryl/α,β-unsaturated/α-hetero) is 1. The van der Waals surface area contributed by atoms with E-state index in [9.17, 15) is 4.79 Å². The number of carbonyl (C=O) groups is 1. The quantitative estimate of drug-likeness (QED) is 0.791. The molecule has 0 atom stereocenters. The van der Waals surface area contributed by atoms with Crippen molar-refractivity contribution in [3.8, 4) is 0 Å². The third kappa shape index (κ3) is 5.67. The van der Waals surface area contributed by atoms with Gasteiger partial charge in [-0.2, -0.15) is 0 Å². The highest BCUT2D eigenvalue weighted by Gasteiger charge is 2.35. The summed E-state index contributed by atoms with van der Waals surface area (Å²) >= 11 is 0. The Balaban J connectivity index is 4.62. The molecule has 0 aliphatic carbocycles. The Morgan fingerprint density at radius 3 is 2.00 bits per heavy atom. The summed E-state index contributed by atoms with van der Waals surface area (Å²) in [5.74, 6) is 0.189. The van der Waals surface area contributed by atoms with E-state index in [2.05, 4.69) is 5.32 Å². The minimum Gasteiger partial charge on any atom is -0.379 e. The molecule has 0 aromatic heterocycles. The van der Waals surface area contributed by atoms with Gasteiger partial charge >= 0.3 is 0 Å². The maximum absolute atomic E-state index is 12.2. The van der Waals surface area contributed by atoms with Crippen LogP contribution in [0.3, 0.4) is 0 Å². The first-order valence-electron chi connectivity index (χ1n) is 6.56. The molecular formula is C15H29NO2. The fourth-order valence-electron chi connectivity index (χ4n) is 1.87. The molecular weight excluding hydrogens is 226 g/mol. The van der Waals surface area contributed by atoms with Gasteiger partial charge in [0.1, 0.15) is 0 Å². The zero-order valence-corrected chi connectivity index (χ0v) is 13.2. The maximum atomic E-state index is 12.2. The molecule has 0 fully saturated rings. The minimum absolute atomic E-state index is 0.189. The summed E-state index contributed by atoms with van der Waals surface area (Å²) in [7, 11) is 0. The smallest absolute Gasteiger partial charge is 0.162 e. The van der Waals surface area contributed by atoms with Crippen LogP contribution in [0.1, 0.15) is 55.4 Å². The number of carbonyl (C=O) groups excluding carboxylic acids is 1. The molecule has 0 amide bonds. The van der Waals surface area contributed by atoms with E-state index in [-0.39, 0.29) is 16.8 Å². The second-order valence-electron chi connectivity index (χ2n) is 6.72. The number of rotatable bonds is 6. The zero-order valence-electron chi connectivity index (χ0n) is 13.2. The molecule has 3 nitrogen and oxygen atoms in total. The van der Waals surface area contributed by atoms with Crippen LogP contribution in [0.4, 0.5) is 0 Å². The van der Waals surface area contributed by atoms with E-state index in [0.717, 1.165) is 0 Å². The van der Waals surface area contributed by atoms with Gasteiger partial charge in [-0.15, -0.1) is 0 Å². The molecule has 0 rings (SSSR count). The second kappa shape index (κ2) is 5.87. The highest BCUT2D eigenvalue weighted by atomic mass is 16.5. The van der Waals surface area contributed by atoms with Gasteiger partial charge in [-0.05, 0) is 46.9 Å². The Kier molecular flexibility index (Phi) is 5.60. The molecule has 0 bridgehead atoms. The zero-order chi connectivity index (χ0) is 14.6. The van der Waals surface area contributed by atoms with Crippen LogP contribution in [0.15, 0.2) is 12.3 Å². The first-order chi connectivity index (χ1) is 7.92. The Labute approximate surface area is 112 Å². The number of hydrogen-bond donors (Lipinski definition) is 1. The highest BCUT2D eigenvalue weighted by Crippen LogP contribution is 2.22. The Morgan fingerprint density at radius 1 is 1.11 bits per heavy atom. The van der Waals surface area contributed by atoms with Gasteiger partial charge in [-0.1, -0.05) is 20.8 Å². The molecule has 0 aromatic carbocycles. The first kappa shape index (κ1) is 17.2. The molecule has 0 radical (unpaired) electrons. The average molecular weight is 255 g/mol. The van der Waals surface area contributed by atoms with Crippen molar-refractivity contribution in [1.29, 1.82) is 0 Å². The molecule has 0 spiro atoms. The third-order valence-electron chi connectivity index (χ3n) is 2.69. The van der Waals surface area contributed by atoms with Gasteiger partial charge in [0, 0.05) is 12.0 Å². The van der Waals surface area contributed by atoms with Crippen molar-refractivity contribution in [2.75, 3.05) is 6.61 Å². The third-order valence-corrected chi connectivity index (χ3v) is 2.69. The molecule has 0 saturated heterocycles. The normalized spacial score (nSPS) is 14.0. The summed E-state index contributed by atoms with van der Waals surface area (Å²) in [6, 6.07) is 0. The average Bonchev–Trinajstić information content (AvgIpc) is 2.14. The maximum Gasteiger partial charge on any atom is 0.162 e. The van der Waals surface area contributed by atoms with Crippen LogP contribution in [-0.4, -0.2) is 23.5 Å². The standard InChI is InChI=1S/C15H29NO2/c1-9-18-14(5,6)10-11-16-15(7,8)12(17)13(2,3)4/h10-11,16H,9H2,1-8H3/b11-10-. The fraction of sp³-hybridized carbons (Fsp3) is 0.800. The van der Waals surface area contributed by atoms with E-state index in [1.165, 1.54) is 0 Å². The van der Waals surface area contributed by atoms with E-state index in [0.29, 0.717) is 6.61 Å². The predicted molar refractivity (Wildman–Crippen MR) is 76.5 cm³/mol. The largest absolute Gasteiger partial charge is 0.379 e. The molecule has 0 saturated carbocycles. The van der Waals surface area contributed by atoms with E-state index in [4.69, 9.17) is 4.74 Å². The molecule has 0 aliphatic heterocycles. The van der Waals surface area contributed by atoms with Gasteiger partial charge in [0.05, 0.1) is 11.1 Å². The van der Waals surface area contributed by atoms with Gasteiger partial charge < -0.3 is 10.1 Å². The number of nitrogens with one attached hydrogen (secondary N) is 1. The summed E-state index contributed by atoms with van der Waals surface area (Å²) in [6.45, 7) is 16.2. The van der Waals surface area contributed by atoms with Gasteiger partial charge in [0.2, 0.25) is 0 Å². The number of ether oxygens (including phenoxy) is 1. The van der Waals surface area contributed by atoms with Crippen LogP contribution >= 0.6 is 0 Å². The van der Waals surface area contributed by atoms with E-state index < -0.39 is 5.54 Å². The summed E-state index contributed by atoms with van der Waals surface area (Å²) in [4.78, 5) is 12.2. The first-order valence-corrected chi connectivity index (χ1v) is 6.56. The van der Waals surface area contributed by atoms with E-state index >= 15 is 0 Å². The topological polar surface area (TPSA) is 38.3 Å². The van der Waals surface area contributed by atoms with Crippen molar-refractivity contribution in [3.63, 3.8) is 0 Å². The Hall–Kier alpha value is -0.830. The van der Waals surface area contributed by atoms with Crippen LogP contribution in [0.25, 0.3) is 0 Å². The lowest BCUT2D eigenvalue weighted by atomic mass is 9.80. The van der Waals surface area contributed by atoms with Crippen LogP contribution < -0.4 is 5.32 Å². The number of ketones is 1. The molecule has 0 heterocycles. The monoisotopic (exact) mass is 255 g/mol. The van der Waals surface area contributed by atoms with Crippen LogP contribution in [0.5, 0.6) is 0 Å². The lowest BCUT2D eigenvalue weighted by Crippen LogP contribution is -2.49. The van der Waals surface area contributed by atoms with Crippen LogP contribution in [0.2, 0.25) is 0 Å². The summed E-state index contributed by atoms with van der Waals surface area (Å²) in [6.07, 6.45) is 3.76. The molecule has 0 unspecified atom stereocenters. The molecule has 18 heavy (non-hydrogen) atoms. The predicted octanol–water partition coefficient (Wildman–Crippen LogP) is 3.30. The Morgan fingerprint density at radius 2 is 1.61 bits per heavy atom. The highest BCUT2D eigenvalue weighted by molar-refractivity contribution is 5.92. The van der Waals surface area contributed by atoms with Crippen LogP contribution in [0, 0.1) is 5.41 Å². The Bertz CT molecular complexity index is 309. The lowest BCUT2D eigenvalue weighted by Gasteiger charge is -2.31. The van der Waals surface area contributed by atoms with Crippen molar-refractivity contribution in [2.45, 2.75) is 66.5 Å². The van der Waals surface area contributed by atoms with Gasteiger partial charge in [0.25, 0.3) is 0 Å². The summed E-state index contributed by atoms with van der Waals surface area (Å²) < 4.78 is 5.56. The summed E-state index contributed by atoms with van der Waals surface area (Å²) in [5, 5.41) is 3.17. The van der Waals surface area contributed by atoms with Crippen molar-refractivity contribution < 1.29 is 9.53 Å². The van der Waals surface area contributed by atoms with Crippen LogP contribution in [-0.2, 0) is 9.53 Å². The van der Waals surface area contributed by atoms with Crippen molar-refractivity contribution in [3.05, 3.63) is 12.3 Å². The molecule has 0 aliphatic rings. The van der Waals surface area contributed by atoms with E-state index in [1.807, 2.05) is 67.7 Å². The van der Waals surface area contributed by atoms with Gasteiger partial charge in [-0.3, -0.25) is 4.79 Å². The van der Waals surface area contributed by atoms with Crippen molar-refractivity contribution in [1.82, 2.24) is 5.32 Å². The second-order valence-corrected chi connectivity index (χ2v) is 6.72. The van der Waals surface area contributed by atoms with Crippen molar-refractivity contribution >= 4 is 5.78 Å². The minimum atomic E-state index is -0.572. The summed E-state index contributed by atoms with van der Waals surface area (Å²) in [5.41, 5.74) is -1.24. The van der Waals surface area contributed by atoms with E-state index in [1.54, 1.807) is 0 Å². The lowest BCUT2D eigenvalue weighted by molar-refractivity contribution is -0.131. The molecule has 0 aromatic rings. The van der Waals surface area contributed by atoms with Crippen molar-refractivity contribution in [2.24, 2.45) is 5.41 Å². The molecule has 3 heteroatoms. The molecule has 1 N–H and O–H groups in total.